The largest absolute Gasteiger partial charge is 0.412 e. The Hall–Kier alpha value is -1.38. The molecule has 0 radical (unpaired) electrons. The lowest BCUT2D eigenvalue weighted by atomic mass is 9.99. The van der Waals surface area contributed by atoms with Gasteiger partial charge in [-0.2, -0.15) is 0 Å². The molecule has 2 N–H and O–H groups in total. The van der Waals surface area contributed by atoms with Gasteiger partial charge < -0.3 is 10.4 Å². The molecule has 0 fully saturated rings. The molecule has 2 rings (SSSR count). The van der Waals surface area contributed by atoms with Crippen LogP contribution in [0.25, 0.3) is 10.8 Å². The molecule has 0 aliphatic carbocycles. The first-order valence-corrected chi connectivity index (χ1v) is 13.4. The van der Waals surface area contributed by atoms with Gasteiger partial charge in [0.1, 0.15) is 0 Å². The number of unbranched alkanes of at least 4 members (excludes halogenated alkanes) is 15. The second-order valence-electron chi connectivity index (χ2n) is 9.85. The number of fused-ring (bicyclic) bond motifs is 1. The fourth-order valence-electron chi connectivity index (χ4n) is 4.73. The summed E-state index contributed by atoms with van der Waals surface area (Å²) in [7, 11) is 4.35. The van der Waals surface area contributed by atoms with E-state index in [2.05, 4.69) is 61.5 Å². The van der Waals surface area contributed by atoms with Gasteiger partial charge in [0.05, 0.1) is 0 Å². The first kappa shape index (κ1) is 28.7. The van der Waals surface area contributed by atoms with E-state index in [1.54, 1.807) is 0 Å². The molecule has 0 spiro atoms. The third-order valence-electron chi connectivity index (χ3n) is 6.68. The summed E-state index contributed by atoms with van der Waals surface area (Å²) in [5.41, 5.74) is 1.53. The minimum absolute atomic E-state index is 0. The number of hydrogen-bond acceptors (Lipinski definition) is 1. The Balaban J connectivity index is 0.00000512. The van der Waals surface area contributed by atoms with Crippen LogP contribution in [0.1, 0.15) is 108 Å². The van der Waals surface area contributed by atoms with Crippen molar-refractivity contribution >= 4 is 10.8 Å². The van der Waals surface area contributed by atoms with Gasteiger partial charge in [-0.15, -0.1) is 0 Å². The van der Waals surface area contributed by atoms with Gasteiger partial charge in [0, 0.05) is 0 Å². The predicted octanol–water partition coefficient (Wildman–Crippen LogP) is 8.36. The molecule has 0 atom stereocenters. The molecule has 2 heteroatoms. The Kier molecular flexibility index (Phi) is 17.1. The van der Waals surface area contributed by atoms with Crippen LogP contribution in [0.3, 0.4) is 0 Å². The van der Waals surface area contributed by atoms with Crippen LogP contribution in [0, 0.1) is 0 Å². The van der Waals surface area contributed by atoms with Gasteiger partial charge in [-0.05, 0) is 56.2 Å². The highest BCUT2D eigenvalue weighted by Gasteiger charge is 2.00. The molecule has 0 saturated carbocycles. The monoisotopic (exact) mass is 441 g/mol. The fraction of sp³-hybridized carbons (Fsp3) is 0.667. The van der Waals surface area contributed by atoms with Crippen molar-refractivity contribution in [1.29, 1.82) is 0 Å². The van der Waals surface area contributed by atoms with Gasteiger partial charge in [-0.3, -0.25) is 0 Å². The average molecular weight is 442 g/mol. The zero-order valence-corrected chi connectivity index (χ0v) is 21.2. The molecule has 2 nitrogen and oxygen atoms in total. The maximum Gasteiger partial charge on any atom is -0.00248 e. The van der Waals surface area contributed by atoms with E-state index in [-0.39, 0.29) is 5.48 Å². The molecule has 0 heterocycles. The van der Waals surface area contributed by atoms with E-state index in [1.165, 1.54) is 132 Å². The predicted molar refractivity (Wildman–Crippen MR) is 144 cm³/mol. The summed E-state index contributed by atoms with van der Waals surface area (Å²) in [6.45, 7) is 1.26. The van der Waals surface area contributed by atoms with Crippen LogP contribution in [0.2, 0.25) is 0 Å². The highest BCUT2D eigenvalue weighted by atomic mass is 16.0. The van der Waals surface area contributed by atoms with Crippen molar-refractivity contribution in [2.24, 2.45) is 0 Å². The van der Waals surface area contributed by atoms with Crippen molar-refractivity contribution in [3.05, 3.63) is 48.0 Å². The van der Waals surface area contributed by atoms with E-state index in [4.69, 9.17) is 0 Å². The third-order valence-corrected chi connectivity index (χ3v) is 6.68. The van der Waals surface area contributed by atoms with Crippen LogP contribution in [-0.2, 0) is 6.42 Å². The standard InChI is InChI=1S/C30H49N.H2O/c1-31(2)27-20-16-14-12-10-8-6-4-3-5-7-9-11-13-15-17-22-28-24-21-25-29-23-18-19-26-30(28)29;/h18-19,21,23-26H,3-17,20,22,27H2,1-2H3;1H2. The quantitative estimate of drug-likeness (QED) is 0.202. The Morgan fingerprint density at radius 1 is 0.500 bits per heavy atom. The smallest absolute Gasteiger partial charge is 0.00248 e. The SMILES string of the molecule is CN(C)CCCCCCCCCCCCCCCCCCc1cccc2ccccc12.O. The summed E-state index contributed by atoms with van der Waals surface area (Å²) >= 11 is 0. The molecule has 0 amide bonds. The summed E-state index contributed by atoms with van der Waals surface area (Å²) in [4.78, 5) is 2.30. The number of rotatable bonds is 19. The minimum atomic E-state index is 0. The average Bonchev–Trinajstić information content (AvgIpc) is 2.78. The van der Waals surface area contributed by atoms with E-state index >= 15 is 0 Å². The maximum absolute atomic E-state index is 2.31. The Morgan fingerprint density at radius 3 is 1.47 bits per heavy atom. The zero-order valence-electron chi connectivity index (χ0n) is 21.2. The van der Waals surface area contributed by atoms with E-state index in [9.17, 15) is 0 Å². The first-order valence-electron chi connectivity index (χ1n) is 13.4. The van der Waals surface area contributed by atoms with Gasteiger partial charge in [0.2, 0.25) is 0 Å². The fourth-order valence-corrected chi connectivity index (χ4v) is 4.73. The number of nitrogens with zero attached hydrogens (tertiary/aromatic N) is 1. The molecule has 0 aliphatic heterocycles. The molecule has 0 unspecified atom stereocenters. The lowest BCUT2D eigenvalue weighted by Gasteiger charge is -2.08. The van der Waals surface area contributed by atoms with Gasteiger partial charge in [-0.25, -0.2) is 0 Å². The first-order chi connectivity index (χ1) is 15.3. The second-order valence-corrected chi connectivity index (χ2v) is 9.85. The van der Waals surface area contributed by atoms with Crippen LogP contribution in [0.4, 0.5) is 0 Å². The normalized spacial score (nSPS) is 11.2. The van der Waals surface area contributed by atoms with Crippen molar-refractivity contribution in [3.63, 3.8) is 0 Å². The van der Waals surface area contributed by atoms with Gasteiger partial charge in [0.15, 0.2) is 0 Å². The molecule has 2 aromatic rings. The van der Waals surface area contributed by atoms with Crippen molar-refractivity contribution in [1.82, 2.24) is 4.90 Å². The van der Waals surface area contributed by atoms with Crippen LogP contribution in [-0.4, -0.2) is 31.0 Å². The van der Waals surface area contributed by atoms with Crippen LogP contribution >= 0.6 is 0 Å². The van der Waals surface area contributed by atoms with Crippen LogP contribution < -0.4 is 0 Å². The third kappa shape index (κ3) is 13.2. The van der Waals surface area contributed by atoms with Crippen molar-refractivity contribution in [2.75, 3.05) is 20.6 Å². The summed E-state index contributed by atoms with van der Waals surface area (Å²) in [5.74, 6) is 0. The summed E-state index contributed by atoms with van der Waals surface area (Å²) in [6, 6.07) is 15.6. The molecule has 32 heavy (non-hydrogen) atoms. The maximum atomic E-state index is 2.31. The molecule has 182 valence electrons. The van der Waals surface area contributed by atoms with Gasteiger partial charge in [0.25, 0.3) is 0 Å². The zero-order chi connectivity index (χ0) is 22.0. The summed E-state index contributed by atoms with van der Waals surface area (Å²) in [6.07, 6.45) is 24.2. The second kappa shape index (κ2) is 19.1. The van der Waals surface area contributed by atoms with Gasteiger partial charge in [-0.1, -0.05) is 132 Å². The lowest BCUT2D eigenvalue weighted by molar-refractivity contribution is 0.389. The number of benzene rings is 2. The van der Waals surface area contributed by atoms with Gasteiger partial charge >= 0.3 is 0 Å². The van der Waals surface area contributed by atoms with E-state index in [0.29, 0.717) is 0 Å². The van der Waals surface area contributed by atoms with Crippen molar-refractivity contribution in [3.8, 4) is 0 Å². The Morgan fingerprint density at radius 2 is 0.938 bits per heavy atom. The minimum Gasteiger partial charge on any atom is -0.412 e. The van der Waals surface area contributed by atoms with E-state index < -0.39 is 0 Å². The molecular weight excluding hydrogens is 390 g/mol. The summed E-state index contributed by atoms with van der Waals surface area (Å²) in [5, 5.41) is 2.83. The topological polar surface area (TPSA) is 34.7 Å². The Labute approximate surface area is 199 Å². The number of aryl methyl sites for hydroxylation is 1. The number of hydrogen-bond donors (Lipinski definition) is 0. The van der Waals surface area contributed by atoms with Crippen molar-refractivity contribution in [2.45, 2.75) is 109 Å². The highest BCUT2D eigenvalue weighted by Crippen LogP contribution is 2.21. The molecule has 0 aliphatic rings. The molecule has 0 saturated heterocycles. The molecule has 0 bridgehead atoms. The van der Waals surface area contributed by atoms with E-state index in [0.717, 1.165) is 0 Å². The van der Waals surface area contributed by atoms with Crippen LogP contribution in [0.15, 0.2) is 42.5 Å². The van der Waals surface area contributed by atoms with E-state index in [1.807, 2.05) is 0 Å². The molecule has 2 aromatic carbocycles. The highest BCUT2D eigenvalue weighted by molar-refractivity contribution is 5.85. The van der Waals surface area contributed by atoms with Crippen molar-refractivity contribution < 1.29 is 5.48 Å². The Bertz CT molecular complexity index is 676. The lowest BCUT2D eigenvalue weighted by Crippen LogP contribution is -2.12. The summed E-state index contributed by atoms with van der Waals surface area (Å²) < 4.78 is 0. The molecular formula is C30H51NO. The van der Waals surface area contributed by atoms with Crippen LogP contribution in [0.5, 0.6) is 0 Å². The molecule has 0 aromatic heterocycles.